The molecule has 1 aromatic heterocycles. The lowest BCUT2D eigenvalue weighted by Gasteiger charge is -2.11. The van der Waals surface area contributed by atoms with Crippen molar-refractivity contribution in [2.45, 2.75) is 17.9 Å². The van der Waals surface area contributed by atoms with E-state index in [1.807, 2.05) is 23.6 Å². The average Bonchev–Trinajstić information content (AvgIpc) is 3.11. The molecule has 7 heteroatoms. The van der Waals surface area contributed by atoms with Gasteiger partial charge in [-0.1, -0.05) is 18.2 Å². The van der Waals surface area contributed by atoms with E-state index in [2.05, 4.69) is 10.3 Å². The Hall–Kier alpha value is -2.38. The second kappa shape index (κ2) is 8.33. The third-order valence-electron chi connectivity index (χ3n) is 3.74. The van der Waals surface area contributed by atoms with Crippen LogP contribution in [0, 0.1) is 5.82 Å². The fraction of sp³-hybridized carbons (Fsp3) is 0.158. The molecule has 1 amide bonds. The van der Waals surface area contributed by atoms with Gasteiger partial charge in [0, 0.05) is 27.4 Å². The number of carbonyl (C=O) groups is 1. The highest BCUT2D eigenvalue weighted by Crippen LogP contribution is 2.24. The number of nitrogens with one attached hydrogen (secondary N) is 1. The largest absolute Gasteiger partial charge is 0.325 e. The average molecular weight is 388 g/mol. The van der Waals surface area contributed by atoms with E-state index in [4.69, 9.17) is 0 Å². The SMILES string of the molecule is C[C@H](C(=O)Nc1ccccc1)[S@@](=O)Cc1csc(-c2ccc(F)cc2)n1. The molecule has 0 bridgehead atoms. The number of amides is 1. The Labute approximate surface area is 157 Å². The molecule has 26 heavy (non-hydrogen) atoms. The van der Waals surface area contributed by atoms with Crippen molar-refractivity contribution in [2.24, 2.45) is 0 Å². The third-order valence-corrected chi connectivity index (χ3v) is 6.26. The standard InChI is InChI=1S/C19H17FN2O2S2/c1-13(18(23)21-16-5-3-2-4-6-16)26(24)12-17-11-25-19(22-17)14-7-9-15(20)10-8-14/h2-11,13H,12H2,1H3,(H,21,23)/t13-,26+/m1/s1. The Morgan fingerprint density at radius 2 is 1.88 bits per heavy atom. The van der Waals surface area contributed by atoms with Gasteiger partial charge in [-0.15, -0.1) is 11.3 Å². The second-order valence-electron chi connectivity index (χ2n) is 5.67. The molecule has 0 aliphatic rings. The van der Waals surface area contributed by atoms with Crippen molar-refractivity contribution >= 4 is 33.7 Å². The normalized spacial score (nSPS) is 13.2. The van der Waals surface area contributed by atoms with Crippen molar-refractivity contribution in [1.29, 1.82) is 0 Å². The molecule has 0 saturated heterocycles. The summed E-state index contributed by atoms with van der Waals surface area (Å²) in [6.07, 6.45) is 0. The van der Waals surface area contributed by atoms with Crippen molar-refractivity contribution < 1.29 is 13.4 Å². The Balaban J connectivity index is 1.62. The molecule has 0 saturated carbocycles. The van der Waals surface area contributed by atoms with Crippen molar-refractivity contribution in [1.82, 2.24) is 4.98 Å². The zero-order chi connectivity index (χ0) is 18.5. The topological polar surface area (TPSA) is 59.1 Å². The lowest BCUT2D eigenvalue weighted by molar-refractivity contribution is -0.115. The molecule has 0 unspecified atom stereocenters. The number of hydrogen-bond acceptors (Lipinski definition) is 4. The highest BCUT2D eigenvalue weighted by molar-refractivity contribution is 7.85. The van der Waals surface area contributed by atoms with Crippen LogP contribution in [0.4, 0.5) is 10.1 Å². The molecule has 0 aliphatic carbocycles. The first-order chi connectivity index (χ1) is 12.5. The number of benzene rings is 2. The summed E-state index contributed by atoms with van der Waals surface area (Å²) in [4.78, 5) is 16.7. The highest BCUT2D eigenvalue weighted by atomic mass is 32.2. The Bertz CT molecular complexity index is 911. The first-order valence-corrected chi connectivity index (χ1v) is 10.2. The van der Waals surface area contributed by atoms with Crippen LogP contribution in [0.25, 0.3) is 10.6 Å². The molecule has 3 aromatic rings. The van der Waals surface area contributed by atoms with E-state index < -0.39 is 16.0 Å². The van der Waals surface area contributed by atoms with Gasteiger partial charge in [0.25, 0.3) is 0 Å². The molecule has 0 fully saturated rings. The molecular formula is C19H17FN2O2S2. The van der Waals surface area contributed by atoms with Crippen LogP contribution < -0.4 is 5.32 Å². The summed E-state index contributed by atoms with van der Waals surface area (Å²) in [6, 6.07) is 15.1. The number of carbonyl (C=O) groups excluding carboxylic acids is 1. The van der Waals surface area contributed by atoms with Crippen LogP contribution >= 0.6 is 11.3 Å². The highest BCUT2D eigenvalue weighted by Gasteiger charge is 2.21. The zero-order valence-corrected chi connectivity index (χ0v) is 15.6. The van der Waals surface area contributed by atoms with Gasteiger partial charge in [0.2, 0.25) is 5.91 Å². The maximum Gasteiger partial charge on any atom is 0.239 e. The molecule has 0 aliphatic heterocycles. The number of aromatic nitrogens is 1. The van der Waals surface area contributed by atoms with Gasteiger partial charge in [-0.3, -0.25) is 9.00 Å². The summed E-state index contributed by atoms with van der Waals surface area (Å²) in [5.41, 5.74) is 2.14. The lowest BCUT2D eigenvalue weighted by Crippen LogP contribution is -2.29. The molecule has 0 radical (unpaired) electrons. The Morgan fingerprint density at radius 3 is 2.58 bits per heavy atom. The second-order valence-corrected chi connectivity index (χ2v) is 8.29. The van der Waals surface area contributed by atoms with Gasteiger partial charge < -0.3 is 5.32 Å². The van der Waals surface area contributed by atoms with Gasteiger partial charge in [-0.05, 0) is 43.3 Å². The zero-order valence-electron chi connectivity index (χ0n) is 14.0. The summed E-state index contributed by atoms with van der Waals surface area (Å²) in [6.45, 7) is 1.64. The van der Waals surface area contributed by atoms with Crippen LogP contribution in [0.1, 0.15) is 12.6 Å². The predicted octanol–water partition coefficient (Wildman–Crippen LogP) is 4.23. The van der Waals surface area contributed by atoms with Gasteiger partial charge in [0.1, 0.15) is 16.1 Å². The maximum absolute atomic E-state index is 13.0. The minimum absolute atomic E-state index is 0.196. The molecule has 134 valence electrons. The van der Waals surface area contributed by atoms with Crippen LogP contribution in [0.3, 0.4) is 0 Å². The van der Waals surface area contributed by atoms with E-state index in [1.54, 1.807) is 31.2 Å². The number of thiazole rings is 1. The number of nitrogens with zero attached hydrogens (tertiary/aromatic N) is 1. The first kappa shape index (κ1) is 18.4. The molecule has 3 rings (SSSR count). The molecule has 1 heterocycles. The van der Waals surface area contributed by atoms with E-state index in [9.17, 15) is 13.4 Å². The first-order valence-electron chi connectivity index (χ1n) is 7.96. The molecule has 4 nitrogen and oxygen atoms in total. The van der Waals surface area contributed by atoms with Crippen LogP contribution in [-0.2, 0) is 21.3 Å². The minimum Gasteiger partial charge on any atom is -0.325 e. The quantitative estimate of drug-likeness (QED) is 0.688. The summed E-state index contributed by atoms with van der Waals surface area (Å²) >= 11 is 1.40. The fourth-order valence-electron chi connectivity index (χ4n) is 2.25. The van der Waals surface area contributed by atoms with Gasteiger partial charge in [0.05, 0.1) is 11.4 Å². The van der Waals surface area contributed by atoms with Gasteiger partial charge in [0.15, 0.2) is 0 Å². The Morgan fingerprint density at radius 1 is 1.19 bits per heavy atom. The van der Waals surface area contributed by atoms with E-state index in [0.29, 0.717) is 11.4 Å². The number of hydrogen-bond donors (Lipinski definition) is 1. The van der Waals surface area contributed by atoms with Crippen LogP contribution in [0.2, 0.25) is 0 Å². The van der Waals surface area contributed by atoms with Crippen molar-refractivity contribution in [3.8, 4) is 10.6 Å². The van der Waals surface area contributed by atoms with Gasteiger partial charge >= 0.3 is 0 Å². The molecular weight excluding hydrogens is 371 g/mol. The summed E-state index contributed by atoms with van der Waals surface area (Å²) < 4.78 is 25.5. The van der Waals surface area contributed by atoms with Crippen molar-refractivity contribution in [2.75, 3.05) is 5.32 Å². The van der Waals surface area contributed by atoms with Crippen LogP contribution in [-0.4, -0.2) is 20.3 Å². The summed E-state index contributed by atoms with van der Waals surface area (Å²) in [5, 5.41) is 4.65. The maximum atomic E-state index is 13.0. The molecule has 0 spiro atoms. The van der Waals surface area contributed by atoms with Gasteiger partial charge in [-0.2, -0.15) is 0 Å². The molecule has 2 aromatic carbocycles. The van der Waals surface area contributed by atoms with E-state index in [0.717, 1.165) is 10.6 Å². The van der Waals surface area contributed by atoms with E-state index in [-0.39, 0.29) is 17.5 Å². The van der Waals surface area contributed by atoms with Crippen molar-refractivity contribution in [3.05, 3.63) is 71.5 Å². The van der Waals surface area contributed by atoms with Crippen LogP contribution in [0.5, 0.6) is 0 Å². The predicted molar refractivity (Wildman–Crippen MR) is 104 cm³/mol. The van der Waals surface area contributed by atoms with Crippen molar-refractivity contribution in [3.63, 3.8) is 0 Å². The van der Waals surface area contributed by atoms with Gasteiger partial charge in [-0.25, -0.2) is 9.37 Å². The smallest absolute Gasteiger partial charge is 0.239 e. The number of para-hydroxylation sites is 1. The number of halogens is 1. The lowest BCUT2D eigenvalue weighted by atomic mass is 10.2. The molecule has 2 atom stereocenters. The van der Waals surface area contributed by atoms with E-state index in [1.165, 1.54) is 23.5 Å². The minimum atomic E-state index is -1.39. The third kappa shape index (κ3) is 4.62. The van der Waals surface area contributed by atoms with E-state index >= 15 is 0 Å². The fourth-order valence-corrected chi connectivity index (χ4v) is 4.17. The summed E-state index contributed by atoms with van der Waals surface area (Å²) in [5.74, 6) is -0.394. The monoisotopic (exact) mass is 388 g/mol. The number of anilines is 1. The van der Waals surface area contributed by atoms with Crippen LogP contribution in [0.15, 0.2) is 60.0 Å². The summed E-state index contributed by atoms with van der Waals surface area (Å²) in [7, 11) is -1.39. The number of rotatable bonds is 6. The Kier molecular flexibility index (Phi) is 5.90. The molecule has 1 N–H and O–H groups in total.